The maximum atomic E-state index is 13.0. The van der Waals surface area contributed by atoms with Gasteiger partial charge < -0.3 is 4.98 Å². The van der Waals surface area contributed by atoms with Crippen LogP contribution in [0.3, 0.4) is 0 Å². The van der Waals surface area contributed by atoms with Crippen molar-refractivity contribution in [2.45, 2.75) is 31.2 Å². The van der Waals surface area contributed by atoms with Gasteiger partial charge in [-0.05, 0) is 44.5 Å². The molecule has 0 radical (unpaired) electrons. The summed E-state index contributed by atoms with van der Waals surface area (Å²) in [5.74, 6) is 0.605. The van der Waals surface area contributed by atoms with Crippen molar-refractivity contribution in [3.63, 3.8) is 0 Å². The first-order chi connectivity index (χ1) is 14.4. The van der Waals surface area contributed by atoms with E-state index >= 15 is 0 Å². The Hall–Kier alpha value is -2.55. The van der Waals surface area contributed by atoms with E-state index in [1.807, 2.05) is 44.2 Å². The maximum absolute atomic E-state index is 13.0. The molecule has 7 nitrogen and oxygen atoms in total. The Morgan fingerprint density at radius 3 is 2.50 bits per heavy atom. The van der Waals surface area contributed by atoms with Gasteiger partial charge >= 0.3 is 0 Å². The number of hydrogen-bond acceptors (Lipinski definition) is 5. The number of benzene rings is 2. The number of fused-ring (bicyclic) bond motifs is 1. The van der Waals surface area contributed by atoms with Gasteiger partial charge in [-0.2, -0.15) is 4.31 Å². The molecule has 1 saturated heterocycles. The highest BCUT2D eigenvalue weighted by atomic mass is 32.2. The van der Waals surface area contributed by atoms with E-state index in [9.17, 15) is 13.2 Å². The van der Waals surface area contributed by atoms with Crippen LogP contribution in [0.2, 0.25) is 0 Å². The van der Waals surface area contributed by atoms with Crippen LogP contribution in [0.1, 0.15) is 30.8 Å². The van der Waals surface area contributed by atoms with Gasteiger partial charge in [0.15, 0.2) is 0 Å². The van der Waals surface area contributed by atoms with Crippen molar-refractivity contribution in [2.24, 2.45) is 0 Å². The minimum atomic E-state index is -3.52. The quantitative estimate of drug-likeness (QED) is 0.693. The monoisotopic (exact) mass is 426 g/mol. The Labute approximate surface area is 176 Å². The predicted octanol–water partition coefficient (Wildman–Crippen LogP) is 2.69. The normalized spacial score (nSPS) is 17.7. The molecule has 0 spiro atoms. The van der Waals surface area contributed by atoms with Crippen LogP contribution in [0, 0.1) is 6.92 Å². The number of aryl methyl sites for hydroxylation is 1. The molecular weight excluding hydrogens is 400 g/mol. The van der Waals surface area contributed by atoms with Crippen molar-refractivity contribution in [1.82, 2.24) is 19.2 Å². The third-order valence-corrected chi connectivity index (χ3v) is 7.64. The first-order valence-corrected chi connectivity index (χ1v) is 11.6. The number of nitrogens with one attached hydrogen (secondary N) is 1. The fourth-order valence-electron chi connectivity index (χ4n) is 3.88. The number of aromatic amines is 1. The summed E-state index contributed by atoms with van der Waals surface area (Å²) in [6.45, 7) is 6.11. The molecular formula is C22H26N4O3S. The second kappa shape index (κ2) is 8.29. The van der Waals surface area contributed by atoms with Crippen LogP contribution >= 0.6 is 0 Å². The minimum absolute atomic E-state index is 0.121. The molecule has 4 rings (SSSR count). The Morgan fingerprint density at radius 2 is 1.73 bits per heavy atom. The Balaban J connectivity index is 1.53. The molecule has 1 N–H and O–H groups in total. The van der Waals surface area contributed by atoms with E-state index in [2.05, 4.69) is 14.9 Å². The van der Waals surface area contributed by atoms with Crippen LogP contribution in [-0.2, 0) is 10.0 Å². The number of hydrogen-bond donors (Lipinski definition) is 1. The lowest BCUT2D eigenvalue weighted by atomic mass is 10.2. The summed E-state index contributed by atoms with van der Waals surface area (Å²) in [7, 11) is -3.52. The van der Waals surface area contributed by atoms with E-state index in [4.69, 9.17) is 0 Å². The number of para-hydroxylation sites is 1. The summed E-state index contributed by atoms with van der Waals surface area (Å²) >= 11 is 0. The lowest BCUT2D eigenvalue weighted by molar-refractivity contribution is 0.214. The molecule has 158 valence electrons. The topological polar surface area (TPSA) is 86.4 Å². The van der Waals surface area contributed by atoms with Crippen LogP contribution in [-0.4, -0.2) is 53.8 Å². The van der Waals surface area contributed by atoms with E-state index in [0.717, 1.165) is 12.1 Å². The molecule has 1 fully saturated rings. The van der Waals surface area contributed by atoms with E-state index in [1.165, 1.54) is 0 Å². The van der Waals surface area contributed by atoms with Gasteiger partial charge in [-0.15, -0.1) is 0 Å². The van der Waals surface area contributed by atoms with Gasteiger partial charge in [0.1, 0.15) is 5.82 Å². The summed E-state index contributed by atoms with van der Waals surface area (Å²) in [5.41, 5.74) is 1.55. The Kier molecular flexibility index (Phi) is 5.73. The highest BCUT2D eigenvalue weighted by Crippen LogP contribution is 2.23. The van der Waals surface area contributed by atoms with Crippen molar-refractivity contribution < 1.29 is 8.42 Å². The van der Waals surface area contributed by atoms with E-state index in [1.54, 1.807) is 22.5 Å². The molecule has 1 atom stereocenters. The second-order valence-corrected chi connectivity index (χ2v) is 9.69. The number of nitrogens with zero attached hydrogens (tertiary/aromatic N) is 3. The lowest BCUT2D eigenvalue weighted by Crippen LogP contribution is -2.36. The van der Waals surface area contributed by atoms with Crippen LogP contribution in [0.5, 0.6) is 0 Å². The molecule has 2 heterocycles. The first kappa shape index (κ1) is 20.7. The summed E-state index contributed by atoms with van der Waals surface area (Å²) < 4.78 is 27.6. The Bertz CT molecular complexity index is 1210. The van der Waals surface area contributed by atoms with Gasteiger partial charge in [0.2, 0.25) is 10.0 Å². The third kappa shape index (κ3) is 4.03. The fraction of sp³-hybridized carbons (Fsp3) is 0.364. The number of aromatic nitrogens is 2. The largest absolute Gasteiger partial charge is 0.309 e. The molecule has 30 heavy (non-hydrogen) atoms. The predicted molar refractivity (Wildman–Crippen MR) is 117 cm³/mol. The second-order valence-electron chi connectivity index (χ2n) is 7.75. The molecule has 0 saturated carbocycles. The molecule has 0 unspecified atom stereocenters. The van der Waals surface area contributed by atoms with Gasteiger partial charge in [0, 0.05) is 26.2 Å². The van der Waals surface area contributed by atoms with Gasteiger partial charge in [-0.1, -0.05) is 29.8 Å². The number of sulfonamides is 1. The first-order valence-electron chi connectivity index (χ1n) is 10.2. The average molecular weight is 427 g/mol. The van der Waals surface area contributed by atoms with Gasteiger partial charge in [0.25, 0.3) is 5.56 Å². The zero-order valence-electron chi connectivity index (χ0n) is 17.2. The van der Waals surface area contributed by atoms with Gasteiger partial charge in [-0.3, -0.25) is 9.69 Å². The summed E-state index contributed by atoms with van der Waals surface area (Å²) in [6.07, 6.45) is 0.716. The summed E-state index contributed by atoms with van der Waals surface area (Å²) in [6, 6.07) is 14.1. The Morgan fingerprint density at radius 1 is 1.00 bits per heavy atom. The molecule has 1 aliphatic heterocycles. The van der Waals surface area contributed by atoms with Crippen molar-refractivity contribution >= 4 is 20.9 Å². The molecule has 1 aliphatic rings. The fourth-order valence-corrected chi connectivity index (χ4v) is 5.35. The van der Waals surface area contributed by atoms with Crippen molar-refractivity contribution in [1.29, 1.82) is 0 Å². The lowest BCUT2D eigenvalue weighted by Gasteiger charge is -2.27. The molecule has 1 aromatic heterocycles. The number of rotatable bonds is 4. The van der Waals surface area contributed by atoms with Crippen LogP contribution in [0.4, 0.5) is 0 Å². The maximum Gasteiger partial charge on any atom is 0.258 e. The third-order valence-electron chi connectivity index (χ3n) is 5.72. The molecule has 8 heteroatoms. The molecule has 2 aromatic carbocycles. The zero-order valence-corrected chi connectivity index (χ0v) is 18.0. The van der Waals surface area contributed by atoms with Crippen LogP contribution in [0.25, 0.3) is 10.9 Å². The SMILES string of the molecule is Cc1ccc(S(=O)(=O)N2CCCN([C@@H](C)c3nc4ccccc4c(=O)[nH]3)CC2)cc1. The summed E-state index contributed by atoms with van der Waals surface area (Å²) in [4.78, 5) is 22.5. The highest BCUT2D eigenvalue weighted by Gasteiger charge is 2.29. The zero-order chi connectivity index (χ0) is 21.3. The van der Waals surface area contributed by atoms with Crippen LogP contribution < -0.4 is 5.56 Å². The van der Waals surface area contributed by atoms with E-state index in [0.29, 0.717) is 47.7 Å². The number of H-pyrrole nitrogens is 1. The van der Waals surface area contributed by atoms with Crippen molar-refractivity contribution in [3.05, 3.63) is 70.3 Å². The van der Waals surface area contributed by atoms with E-state index < -0.39 is 10.0 Å². The van der Waals surface area contributed by atoms with Gasteiger partial charge in [0.05, 0.1) is 21.8 Å². The minimum Gasteiger partial charge on any atom is -0.309 e. The average Bonchev–Trinajstić information content (AvgIpc) is 3.00. The smallest absolute Gasteiger partial charge is 0.258 e. The van der Waals surface area contributed by atoms with Crippen molar-refractivity contribution in [3.8, 4) is 0 Å². The molecule has 0 amide bonds. The van der Waals surface area contributed by atoms with Crippen LogP contribution in [0.15, 0.2) is 58.2 Å². The molecule has 3 aromatic rings. The molecule has 0 aliphatic carbocycles. The van der Waals surface area contributed by atoms with E-state index in [-0.39, 0.29) is 11.6 Å². The standard InChI is InChI=1S/C22H26N4O3S/c1-16-8-10-18(11-9-16)30(28,29)26-13-5-12-25(14-15-26)17(2)21-23-20-7-4-3-6-19(20)22(27)24-21/h3-4,6-11,17H,5,12-15H2,1-2H3,(H,23,24,27)/t17-/m0/s1. The molecule has 0 bridgehead atoms. The van der Waals surface area contributed by atoms with Crippen molar-refractivity contribution in [2.75, 3.05) is 26.2 Å². The van der Waals surface area contributed by atoms with Gasteiger partial charge in [-0.25, -0.2) is 13.4 Å². The summed E-state index contributed by atoms with van der Waals surface area (Å²) in [5, 5.41) is 0.569. The highest BCUT2D eigenvalue weighted by molar-refractivity contribution is 7.89.